The first-order valence-electron chi connectivity index (χ1n) is 9.14. The molecule has 0 unspecified atom stereocenters. The van der Waals surface area contributed by atoms with Crippen LogP contribution in [-0.4, -0.2) is 60.1 Å². The van der Waals surface area contributed by atoms with Crippen molar-refractivity contribution in [3.05, 3.63) is 60.4 Å². The zero-order valence-electron chi connectivity index (χ0n) is 15.5. The molecule has 1 saturated heterocycles. The predicted molar refractivity (Wildman–Crippen MR) is 112 cm³/mol. The van der Waals surface area contributed by atoms with Gasteiger partial charge in [-0.1, -0.05) is 30.0 Å². The third-order valence-electron chi connectivity index (χ3n) is 4.61. The van der Waals surface area contributed by atoms with E-state index in [4.69, 9.17) is 0 Å². The number of carbonyl (C=O) groups is 1. The molecule has 0 radical (unpaired) electrons. The van der Waals surface area contributed by atoms with Crippen LogP contribution in [0.3, 0.4) is 0 Å². The zero-order valence-corrected chi connectivity index (χ0v) is 17.2. The maximum Gasteiger partial charge on any atom is 0.233 e. The highest BCUT2D eigenvalue weighted by Gasteiger charge is 2.22. The summed E-state index contributed by atoms with van der Waals surface area (Å²) >= 11 is 1.31. The van der Waals surface area contributed by atoms with E-state index in [2.05, 4.69) is 10.2 Å². The Morgan fingerprint density at radius 1 is 1.03 bits per heavy atom. The summed E-state index contributed by atoms with van der Waals surface area (Å²) in [5.74, 6) is 1.55. The van der Waals surface area contributed by atoms with Crippen LogP contribution in [0, 0.1) is 5.82 Å². The normalized spacial score (nSPS) is 14.9. The number of aromatic nitrogens is 3. The van der Waals surface area contributed by atoms with Crippen LogP contribution in [0.15, 0.2) is 59.8 Å². The van der Waals surface area contributed by atoms with Crippen molar-refractivity contribution in [1.29, 1.82) is 0 Å². The summed E-state index contributed by atoms with van der Waals surface area (Å²) in [7, 11) is -0.819. The van der Waals surface area contributed by atoms with E-state index in [1.165, 1.54) is 23.9 Å². The van der Waals surface area contributed by atoms with Crippen molar-refractivity contribution in [2.75, 3.05) is 30.3 Å². The smallest absolute Gasteiger partial charge is 0.233 e. The quantitative estimate of drug-likeness (QED) is 0.583. The monoisotopic (exact) mass is 430 g/mol. The standard InChI is InChI=1S/C20H19FN4O2S2/c21-16-8-6-15(7-9-16)19-22-23-20(25(19)17-4-2-1-3-5-17)28-14-18(26)24-10-12-29(27)13-11-24/h1-9H,10-14H2. The van der Waals surface area contributed by atoms with Crippen molar-refractivity contribution >= 4 is 28.5 Å². The van der Waals surface area contributed by atoms with E-state index in [1.54, 1.807) is 17.0 Å². The van der Waals surface area contributed by atoms with Crippen LogP contribution in [0.5, 0.6) is 0 Å². The molecule has 29 heavy (non-hydrogen) atoms. The summed E-state index contributed by atoms with van der Waals surface area (Å²) in [6.45, 7) is 1.05. The van der Waals surface area contributed by atoms with Crippen LogP contribution in [-0.2, 0) is 15.6 Å². The lowest BCUT2D eigenvalue weighted by molar-refractivity contribution is -0.128. The largest absolute Gasteiger partial charge is 0.340 e. The summed E-state index contributed by atoms with van der Waals surface area (Å²) < 4.78 is 26.7. The lowest BCUT2D eigenvalue weighted by Crippen LogP contribution is -2.42. The number of hydrogen-bond donors (Lipinski definition) is 0. The fourth-order valence-electron chi connectivity index (χ4n) is 3.06. The number of para-hydroxylation sites is 1. The average molecular weight is 431 g/mol. The highest BCUT2D eigenvalue weighted by atomic mass is 32.2. The molecule has 150 valence electrons. The first-order chi connectivity index (χ1) is 14.1. The first kappa shape index (κ1) is 19.8. The average Bonchev–Trinajstić information content (AvgIpc) is 3.17. The van der Waals surface area contributed by atoms with Crippen LogP contribution < -0.4 is 0 Å². The van der Waals surface area contributed by atoms with E-state index >= 15 is 0 Å². The molecule has 0 spiro atoms. The second-order valence-electron chi connectivity index (χ2n) is 6.50. The van der Waals surface area contributed by atoms with Crippen LogP contribution in [0.2, 0.25) is 0 Å². The maximum atomic E-state index is 13.3. The number of nitrogens with zero attached hydrogens (tertiary/aromatic N) is 4. The van der Waals surface area contributed by atoms with Crippen LogP contribution in [0.1, 0.15) is 0 Å². The summed E-state index contributed by atoms with van der Waals surface area (Å²) in [6.07, 6.45) is 0. The van der Waals surface area contributed by atoms with Crippen molar-refractivity contribution in [2.45, 2.75) is 5.16 Å². The molecule has 0 aliphatic carbocycles. The lowest BCUT2D eigenvalue weighted by Gasteiger charge is -2.26. The van der Waals surface area contributed by atoms with Gasteiger partial charge in [0.1, 0.15) is 5.82 Å². The van der Waals surface area contributed by atoms with E-state index in [9.17, 15) is 13.4 Å². The molecule has 0 N–H and O–H groups in total. The van der Waals surface area contributed by atoms with Crippen LogP contribution in [0.25, 0.3) is 17.1 Å². The van der Waals surface area contributed by atoms with Gasteiger partial charge in [-0.25, -0.2) is 4.39 Å². The molecule has 2 heterocycles. The molecule has 0 atom stereocenters. The van der Waals surface area contributed by atoms with Gasteiger partial charge in [-0.05, 0) is 36.4 Å². The van der Waals surface area contributed by atoms with Crippen LogP contribution in [0.4, 0.5) is 4.39 Å². The Morgan fingerprint density at radius 3 is 2.41 bits per heavy atom. The highest BCUT2D eigenvalue weighted by molar-refractivity contribution is 7.99. The van der Waals surface area contributed by atoms with Gasteiger partial charge in [-0.3, -0.25) is 13.6 Å². The van der Waals surface area contributed by atoms with Gasteiger partial charge in [0.2, 0.25) is 5.91 Å². The molecular formula is C20H19FN4O2S2. The Labute approximate surface area is 174 Å². The molecule has 1 aliphatic rings. The van der Waals surface area contributed by atoms with Crippen molar-refractivity contribution in [1.82, 2.24) is 19.7 Å². The number of carbonyl (C=O) groups excluding carboxylic acids is 1. The second kappa shape index (κ2) is 8.87. The number of thioether (sulfide) groups is 1. The molecule has 9 heteroatoms. The van der Waals surface area contributed by atoms with Gasteiger partial charge in [-0.2, -0.15) is 0 Å². The predicted octanol–water partition coefficient (Wildman–Crippen LogP) is 2.76. The number of benzene rings is 2. The molecule has 4 rings (SSSR count). The molecule has 6 nitrogen and oxygen atoms in total. The number of hydrogen-bond acceptors (Lipinski definition) is 5. The number of amides is 1. The molecule has 1 fully saturated rings. The molecular weight excluding hydrogens is 411 g/mol. The lowest BCUT2D eigenvalue weighted by atomic mass is 10.2. The van der Waals surface area contributed by atoms with Gasteiger partial charge < -0.3 is 4.90 Å². The number of halogens is 1. The van der Waals surface area contributed by atoms with Crippen molar-refractivity contribution in [3.8, 4) is 17.1 Å². The van der Waals surface area contributed by atoms with Gasteiger partial charge in [0, 0.05) is 46.6 Å². The van der Waals surface area contributed by atoms with E-state index < -0.39 is 10.8 Å². The maximum absolute atomic E-state index is 13.3. The highest BCUT2D eigenvalue weighted by Crippen LogP contribution is 2.28. The van der Waals surface area contributed by atoms with Gasteiger partial charge >= 0.3 is 0 Å². The van der Waals surface area contributed by atoms with Crippen molar-refractivity contribution in [2.24, 2.45) is 0 Å². The Balaban J connectivity index is 1.59. The summed E-state index contributed by atoms with van der Waals surface area (Å²) in [4.78, 5) is 14.3. The Kier molecular flexibility index (Phi) is 6.05. The first-order valence-corrected chi connectivity index (χ1v) is 11.6. The van der Waals surface area contributed by atoms with Crippen molar-refractivity contribution in [3.63, 3.8) is 0 Å². The molecule has 3 aromatic rings. The third-order valence-corrected chi connectivity index (χ3v) is 6.79. The number of rotatable bonds is 5. The minimum absolute atomic E-state index is 0.00218. The molecule has 1 aromatic heterocycles. The molecule has 1 aliphatic heterocycles. The summed E-state index contributed by atoms with van der Waals surface area (Å²) in [5, 5.41) is 9.17. The van der Waals surface area contributed by atoms with Gasteiger partial charge in [0.05, 0.1) is 5.75 Å². The van der Waals surface area contributed by atoms with Crippen molar-refractivity contribution < 1.29 is 13.4 Å². The Bertz CT molecular complexity index is 1010. The Morgan fingerprint density at radius 2 is 1.72 bits per heavy atom. The minimum Gasteiger partial charge on any atom is -0.340 e. The molecule has 0 saturated carbocycles. The summed E-state index contributed by atoms with van der Waals surface area (Å²) in [5.41, 5.74) is 1.60. The van der Waals surface area contributed by atoms with Gasteiger partial charge in [0.15, 0.2) is 11.0 Å². The van der Waals surface area contributed by atoms with Gasteiger partial charge in [0.25, 0.3) is 0 Å². The second-order valence-corrected chi connectivity index (χ2v) is 9.14. The van der Waals surface area contributed by atoms with E-state index in [1.807, 2.05) is 34.9 Å². The summed E-state index contributed by atoms with van der Waals surface area (Å²) in [6, 6.07) is 15.7. The van der Waals surface area contributed by atoms with E-state index in [-0.39, 0.29) is 17.5 Å². The minimum atomic E-state index is -0.819. The zero-order chi connectivity index (χ0) is 20.2. The fourth-order valence-corrected chi connectivity index (χ4v) is 4.97. The Hall–Kier alpha value is -2.52. The molecule has 0 bridgehead atoms. The third kappa shape index (κ3) is 4.56. The van der Waals surface area contributed by atoms with Gasteiger partial charge in [-0.15, -0.1) is 10.2 Å². The molecule has 1 amide bonds. The molecule has 2 aromatic carbocycles. The topological polar surface area (TPSA) is 68.1 Å². The SMILES string of the molecule is O=C(CSc1nnc(-c2ccc(F)cc2)n1-c1ccccc1)N1CCS(=O)CC1. The van der Waals surface area contributed by atoms with E-state index in [0.29, 0.717) is 35.6 Å². The van der Waals surface area contributed by atoms with E-state index in [0.717, 1.165) is 11.3 Å². The fraction of sp³-hybridized carbons (Fsp3) is 0.250. The van der Waals surface area contributed by atoms with Crippen LogP contribution >= 0.6 is 11.8 Å².